The summed E-state index contributed by atoms with van der Waals surface area (Å²) in [7, 11) is 0. The molecule has 0 amide bonds. The maximum atomic E-state index is 10.2. The Kier molecular flexibility index (Phi) is 24.3. The van der Waals surface area contributed by atoms with Gasteiger partial charge in [-0.2, -0.15) is 0 Å². The van der Waals surface area contributed by atoms with Gasteiger partial charge in [0.2, 0.25) is 0 Å². The summed E-state index contributed by atoms with van der Waals surface area (Å²) in [6.07, 6.45) is 20.3. The van der Waals surface area contributed by atoms with E-state index in [1.54, 1.807) is 0 Å². The summed E-state index contributed by atoms with van der Waals surface area (Å²) in [5.74, 6) is 0. The predicted octanol–water partition coefficient (Wildman–Crippen LogP) is 5.22. The van der Waals surface area contributed by atoms with E-state index in [1.165, 1.54) is 83.5 Å². The van der Waals surface area contributed by atoms with Gasteiger partial charge in [0, 0.05) is 0 Å². The Labute approximate surface area is 137 Å². The fourth-order valence-corrected chi connectivity index (χ4v) is 2.47. The first-order valence-corrected chi connectivity index (χ1v) is 8.50. The molecule has 0 aromatic carbocycles. The first-order valence-electron chi connectivity index (χ1n) is 8.50. The molecule has 0 bridgehead atoms. The molecular formula is C17H35AgO. The van der Waals surface area contributed by atoms with E-state index in [0.717, 1.165) is 12.8 Å². The SMILES string of the molecule is CCCCCCCCCCCCCCCCC[O-].[Ag+]. The molecule has 0 N–H and O–H groups in total. The van der Waals surface area contributed by atoms with Crippen molar-refractivity contribution in [1.29, 1.82) is 0 Å². The van der Waals surface area contributed by atoms with Gasteiger partial charge in [-0.3, -0.25) is 0 Å². The summed E-state index contributed by atoms with van der Waals surface area (Å²) < 4.78 is 0. The van der Waals surface area contributed by atoms with Crippen LogP contribution in [-0.2, 0) is 22.4 Å². The van der Waals surface area contributed by atoms with Crippen LogP contribution in [-0.4, -0.2) is 6.61 Å². The molecule has 0 aromatic heterocycles. The Hall–Kier alpha value is 0.700. The molecule has 0 fully saturated rings. The Morgan fingerprint density at radius 2 is 0.737 bits per heavy atom. The second-order valence-corrected chi connectivity index (χ2v) is 5.65. The molecule has 0 heterocycles. The van der Waals surface area contributed by atoms with Crippen LogP contribution in [0.3, 0.4) is 0 Å². The molecule has 0 saturated heterocycles. The predicted molar refractivity (Wildman–Crippen MR) is 79.8 cm³/mol. The van der Waals surface area contributed by atoms with Crippen molar-refractivity contribution < 1.29 is 27.5 Å². The monoisotopic (exact) mass is 362 g/mol. The zero-order valence-corrected chi connectivity index (χ0v) is 14.5. The maximum absolute atomic E-state index is 10.2. The van der Waals surface area contributed by atoms with Gasteiger partial charge in [0.25, 0.3) is 0 Å². The first kappa shape index (κ1) is 22.0. The molecule has 1 nitrogen and oxygen atoms in total. The summed E-state index contributed by atoms with van der Waals surface area (Å²) in [6.45, 7) is 2.40. The van der Waals surface area contributed by atoms with Crippen LogP contribution in [0, 0.1) is 0 Å². The zero-order chi connectivity index (χ0) is 13.3. The van der Waals surface area contributed by atoms with Gasteiger partial charge >= 0.3 is 22.4 Å². The van der Waals surface area contributed by atoms with Crippen LogP contribution in [0.25, 0.3) is 0 Å². The fourth-order valence-electron chi connectivity index (χ4n) is 2.47. The topological polar surface area (TPSA) is 23.1 Å². The van der Waals surface area contributed by atoms with Gasteiger partial charge in [-0.25, -0.2) is 0 Å². The second-order valence-electron chi connectivity index (χ2n) is 5.65. The molecule has 0 saturated carbocycles. The Morgan fingerprint density at radius 1 is 0.474 bits per heavy atom. The average molecular weight is 363 g/mol. The third-order valence-electron chi connectivity index (χ3n) is 3.75. The van der Waals surface area contributed by atoms with Crippen molar-refractivity contribution in [2.75, 3.05) is 6.61 Å². The number of rotatable bonds is 15. The molecule has 2 heteroatoms. The van der Waals surface area contributed by atoms with E-state index in [1.807, 2.05) is 0 Å². The first-order chi connectivity index (χ1) is 8.91. The van der Waals surface area contributed by atoms with Crippen LogP contribution < -0.4 is 5.11 Å². The molecule has 19 heavy (non-hydrogen) atoms. The van der Waals surface area contributed by atoms with Gasteiger partial charge in [-0.05, 0) is 0 Å². The molecule has 0 aromatic rings. The van der Waals surface area contributed by atoms with E-state index in [-0.39, 0.29) is 29.0 Å². The third-order valence-corrected chi connectivity index (χ3v) is 3.75. The van der Waals surface area contributed by atoms with E-state index in [4.69, 9.17) is 0 Å². The third kappa shape index (κ3) is 21.2. The minimum atomic E-state index is 0. The molecule has 0 spiro atoms. The van der Waals surface area contributed by atoms with Crippen molar-refractivity contribution in [3.8, 4) is 0 Å². The summed E-state index contributed by atoms with van der Waals surface area (Å²) >= 11 is 0. The molecule has 0 rings (SSSR count). The summed E-state index contributed by atoms with van der Waals surface area (Å²) in [5, 5.41) is 10.2. The van der Waals surface area contributed by atoms with Gasteiger partial charge in [0.05, 0.1) is 0 Å². The molecule has 0 aliphatic carbocycles. The van der Waals surface area contributed by atoms with E-state index in [9.17, 15) is 5.11 Å². The van der Waals surface area contributed by atoms with Crippen LogP contribution in [0.4, 0.5) is 0 Å². The van der Waals surface area contributed by atoms with E-state index in [2.05, 4.69) is 6.92 Å². The second kappa shape index (κ2) is 21.0. The van der Waals surface area contributed by atoms with Gasteiger partial charge in [0.15, 0.2) is 0 Å². The smallest absolute Gasteiger partial charge is 0.854 e. The number of hydrogen-bond acceptors (Lipinski definition) is 1. The van der Waals surface area contributed by atoms with Crippen molar-refractivity contribution in [3.63, 3.8) is 0 Å². The standard InChI is InChI=1S/C17H35O.Ag/c1-2-3-4-5-6-7-8-9-10-11-12-13-14-15-16-17-18;/h2-17H2,1H3;/q-1;+1. The number of hydrogen-bond donors (Lipinski definition) is 0. The quantitative estimate of drug-likeness (QED) is 0.289. The maximum Gasteiger partial charge on any atom is 1.00 e. The average Bonchev–Trinajstić information content (AvgIpc) is 2.39. The molecule has 120 valence electrons. The van der Waals surface area contributed by atoms with E-state index >= 15 is 0 Å². The molecule has 0 radical (unpaired) electrons. The Morgan fingerprint density at radius 3 is 1.00 bits per heavy atom. The zero-order valence-electron chi connectivity index (χ0n) is 13.0. The molecule has 0 aliphatic heterocycles. The molecule has 0 atom stereocenters. The van der Waals surface area contributed by atoms with E-state index < -0.39 is 0 Å². The Balaban J connectivity index is 0. The van der Waals surface area contributed by atoms with E-state index in [0.29, 0.717) is 0 Å². The van der Waals surface area contributed by atoms with Crippen LogP contribution in [0.1, 0.15) is 103 Å². The summed E-state index contributed by atoms with van der Waals surface area (Å²) in [5.41, 5.74) is 0. The molecular weight excluding hydrogens is 328 g/mol. The van der Waals surface area contributed by atoms with Gasteiger partial charge in [-0.15, -0.1) is 6.61 Å². The van der Waals surface area contributed by atoms with Crippen LogP contribution in [0.5, 0.6) is 0 Å². The minimum absolute atomic E-state index is 0. The normalized spacial score (nSPS) is 10.4. The van der Waals surface area contributed by atoms with Crippen molar-refractivity contribution in [1.82, 2.24) is 0 Å². The van der Waals surface area contributed by atoms with Crippen molar-refractivity contribution in [3.05, 3.63) is 0 Å². The van der Waals surface area contributed by atoms with Crippen molar-refractivity contribution in [2.24, 2.45) is 0 Å². The van der Waals surface area contributed by atoms with Crippen LogP contribution in [0.15, 0.2) is 0 Å². The summed E-state index contributed by atoms with van der Waals surface area (Å²) in [6, 6.07) is 0. The summed E-state index contributed by atoms with van der Waals surface area (Å²) in [4.78, 5) is 0. The minimum Gasteiger partial charge on any atom is -0.854 e. The van der Waals surface area contributed by atoms with Gasteiger partial charge in [0.1, 0.15) is 0 Å². The van der Waals surface area contributed by atoms with Gasteiger partial charge in [-0.1, -0.05) is 103 Å². The Bertz CT molecular complexity index is 123. The van der Waals surface area contributed by atoms with Gasteiger partial charge < -0.3 is 5.11 Å². The largest absolute Gasteiger partial charge is 1.00 e. The van der Waals surface area contributed by atoms with Crippen LogP contribution in [0.2, 0.25) is 0 Å². The van der Waals surface area contributed by atoms with Crippen molar-refractivity contribution in [2.45, 2.75) is 103 Å². The number of unbranched alkanes of at least 4 members (excludes halogenated alkanes) is 14. The van der Waals surface area contributed by atoms with Crippen LogP contribution >= 0.6 is 0 Å². The fraction of sp³-hybridized carbons (Fsp3) is 1.00. The molecule has 0 aliphatic rings. The molecule has 0 unspecified atom stereocenters. The van der Waals surface area contributed by atoms with Crippen molar-refractivity contribution >= 4 is 0 Å².